The lowest BCUT2D eigenvalue weighted by molar-refractivity contribution is -0.121. The van der Waals surface area contributed by atoms with Gasteiger partial charge in [0.1, 0.15) is 0 Å². The molecule has 1 atom stereocenters. The zero-order valence-corrected chi connectivity index (χ0v) is 7.61. The number of amides is 1. The van der Waals surface area contributed by atoms with Crippen molar-refractivity contribution in [2.45, 2.75) is 33.2 Å². The molecule has 1 unspecified atom stereocenters. The van der Waals surface area contributed by atoms with Crippen molar-refractivity contribution in [2.75, 3.05) is 13.1 Å². The fourth-order valence-corrected chi connectivity index (χ4v) is 0.968. The number of hydrogen-bond donors (Lipinski definition) is 2. The SMILES string of the molecule is CCNC(=O)CC(C)NCC. The van der Waals surface area contributed by atoms with Crippen LogP contribution in [0, 0.1) is 0 Å². The molecular weight excluding hydrogens is 140 g/mol. The van der Waals surface area contributed by atoms with E-state index in [4.69, 9.17) is 0 Å². The second-order valence-electron chi connectivity index (χ2n) is 2.62. The molecule has 0 spiro atoms. The van der Waals surface area contributed by atoms with E-state index in [1.807, 2.05) is 20.8 Å². The number of nitrogens with one attached hydrogen (secondary N) is 2. The molecule has 3 nitrogen and oxygen atoms in total. The summed E-state index contributed by atoms with van der Waals surface area (Å²) >= 11 is 0. The molecule has 11 heavy (non-hydrogen) atoms. The Labute approximate surface area is 68.6 Å². The Kier molecular flexibility index (Phi) is 5.84. The number of carbonyl (C=O) groups is 1. The predicted molar refractivity (Wildman–Crippen MR) is 46.4 cm³/mol. The topological polar surface area (TPSA) is 41.1 Å². The van der Waals surface area contributed by atoms with E-state index in [2.05, 4.69) is 10.6 Å². The minimum Gasteiger partial charge on any atom is -0.356 e. The quantitative estimate of drug-likeness (QED) is 0.612. The number of hydrogen-bond acceptors (Lipinski definition) is 2. The largest absolute Gasteiger partial charge is 0.356 e. The molecule has 0 aliphatic heterocycles. The van der Waals surface area contributed by atoms with E-state index in [1.165, 1.54) is 0 Å². The van der Waals surface area contributed by atoms with Crippen LogP contribution in [0.4, 0.5) is 0 Å². The fourth-order valence-electron chi connectivity index (χ4n) is 0.968. The van der Waals surface area contributed by atoms with Gasteiger partial charge in [-0.1, -0.05) is 6.92 Å². The van der Waals surface area contributed by atoms with Crippen LogP contribution in [0.5, 0.6) is 0 Å². The average Bonchev–Trinajstić information content (AvgIpc) is 1.87. The highest BCUT2D eigenvalue weighted by atomic mass is 16.1. The molecule has 3 heteroatoms. The normalized spacial score (nSPS) is 12.6. The summed E-state index contributed by atoms with van der Waals surface area (Å²) in [5, 5.41) is 5.93. The molecule has 0 saturated carbocycles. The Morgan fingerprint density at radius 2 is 2.00 bits per heavy atom. The standard InChI is InChI=1S/C8H18N2O/c1-4-9-7(3)6-8(11)10-5-2/h7,9H,4-6H2,1-3H3,(H,10,11). The second kappa shape index (κ2) is 6.16. The molecule has 0 bridgehead atoms. The molecular formula is C8H18N2O. The lowest BCUT2D eigenvalue weighted by atomic mass is 10.2. The molecule has 0 aromatic rings. The van der Waals surface area contributed by atoms with Crippen LogP contribution in [0.2, 0.25) is 0 Å². The van der Waals surface area contributed by atoms with Crippen molar-refractivity contribution in [1.29, 1.82) is 0 Å². The molecule has 0 saturated heterocycles. The highest BCUT2D eigenvalue weighted by Gasteiger charge is 2.05. The van der Waals surface area contributed by atoms with Gasteiger partial charge in [-0.2, -0.15) is 0 Å². The number of rotatable bonds is 5. The van der Waals surface area contributed by atoms with Gasteiger partial charge in [-0.15, -0.1) is 0 Å². The van der Waals surface area contributed by atoms with Gasteiger partial charge in [0.15, 0.2) is 0 Å². The van der Waals surface area contributed by atoms with Crippen LogP contribution in [-0.2, 0) is 4.79 Å². The summed E-state index contributed by atoms with van der Waals surface area (Å²) in [5.74, 6) is 0.126. The summed E-state index contributed by atoms with van der Waals surface area (Å²) < 4.78 is 0. The van der Waals surface area contributed by atoms with Gasteiger partial charge in [0.2, 0.25) is 5.91 Å². The first-order valence-corrected chi connectivity index (χ1v) is 4.20. The fraction of sp³-hybridized carbons (Fsp3) is 0.875. The van der Waals surface area contributed by atoms with E-state index in [-0.39, 0.29) is 11.9 Å². The van der Waals surface area contributed by atoms with Crippen LogP contribution in [-0.4, -0.2) is 25.0 Å². The monoisotopic (exact) mass is 158 g/mol. The first-order chi connectivity index (χ1) is 5.20. The lowest BCUT2D eigenvalue weighted by Crippen LogP contribution is -2.33. The maximum Gasteiger partial charge on any atom is 0.221 e. The minimum atomic E-state index is 0.126. The van der Waals surface area contributed by atoms with E-state index in [0.717, 1.165) is 13.1 Å². The van der Waals surface area contributed by atoms with E-state index >= 15 is 0 Å². The van der Waals surface area contributed by atoms with Gasteiger partial charge >= 0.3 is 0 Å². The Morgan fingerprint density at radius 3 is 2.45 bits per heavy atom. The third-order valence-corrected chi connectivity index (χ3v) is 1.42. The van der Waals surface area contributed by atoms with E-state index in [1.54, 1.807) is 0 Å². The first kappa shape index (κ1) is 10.4. The van der Waals surface area contributed by atoms with Gasteiger partial charge in [0, 0.05) is 19.0 Å². The van der Waals surface area contributed by atoms with Crippen molar-refractivity contribution >= 4 is 5.91 Å². The third kappa shape index (κ3) is 5.85. The Balaban J connectivity index is 3.40. The summed E-state index contributed by atoms with van der Waals surface area (Å²) in [5.41, 5.74) is 0. The molecule has 0 fully saturated rings. The summed E-state index contributed by atoms with van der Waals surface area (Å²) in [6.45, 7) is 7.61. The maximum absolute atomic E-state index is 11.0. The van der Waals surface area contributed by atoms with Crippen LogP contribution in [0.3, 0.4) is 0 Å². The zero-order valence-electron chi connectivity index (χ0n) is 7.61. The van der Waals surface area contributed by atoms with Gasteiger partial charge in [0.25, 0.3) is 0 Å². The Hall–Kier alpha value is -0.570. The maximum atomic E-state index is 11.0. The number of carbonyl (C=O) groups excluding carboxylic acids is 1. The van der Waals surface area contributed by atoms with Crippen LogP contribution >= 0.6 is 0 Å². The summed E-state index contributed by atoms with van der Waals surface area (Å²) in [7, 11) is 0. The van der Waals surface area contributed by atoms with E-state index in [9.17, 15) is 4.79 Å². The van der Waals surface area contributed by atoms with Gasteiger partial charge in [-0.3, -0.25) is 4.79 Å². The molecule has 0 aliphatic carbocycles. The van der Waals surface area contributed by atoms with Crippen molar-refractivity contribution in [1.82, 2.24) is 10.6 Å². The van der Waals surface area contributed by atoms with Crippen LogP contribution < -0.4 is 10.6 Å². The molecule has 0 rings (SSSR count). The zero-order chi connectivity index (χ0) is 8.69. The smallest absolute Gasteiger partial charge is 0.221 e. The van der Waals surface area contributed by atoms with E-state index < -0.39 is 0 Å². The molecule has 0 radical (unpaired) electrons. The molecule has 0 aliphatic rings. The van der Waals surface area contributed by atoms with Crippen molar-refractivity contribution in [3.8, 4) is 0 Å². The predicted octanol–water partition coefficient (Wildman–Crippen LogP) is 0.511. The highest BCUT2D eigenvalue weighted by molar-refractivity contribution is 5.76. The second-order valence-corrected chi connectivity index (χ2v) is 2.62. The molecule has 2 N–H and O–H groups in total. The van der Waals surface area contributed by atoms with Crippen LogP contribution in [0.25, 0.3) is 0 Å². The minimum absolute atomic E-state index is 0.126. The van der Waals surface area contributed by atoms with Crippen LogP contribution in [0.15, 0.2) is 0 Å². The highest BCUT2D eigenvalue weighted by Crippen LogP contribution is 1.88. The van der Waals surface area contributed by atoms with Gasteiger partial charge < -0.3 is 10.6 Å². The van der Waals surface area contributed by atoms with Crippen molar-refractivity contribution in [3.63, 3.8) is 0 Å². The van der Waals surface area contributed by atoms with Gasteiger partial charge in [0.05, 0.1) is 0 Å². The molecule has 66 valence electrons. The van der Waals surface area contributed by atoms with Gasteiger partial charge in [-0.25, -0.2) is 0 Å². The summed E-state index contributed by atoms with van der Waals surface area (Å²) in [6.07, 6.45) is 0.571. The van der Waals surface area contributed by atoms with E-state index in [0.29, 0.717) is 6.42 Å². The summed E-state index contributed by atoms with van der Waals surface area (Å²) in [6, 6.07) is 0.284. The van der Waals surface area contributed by atoms with Crippen molar-refractivity contribution < 1.29 is 4.79 Å². The molecule has 1 amide bonds. The van der Waals surface area contributed by atoms with Crippen molar-refractivity contribution in [2.24, 2.45) is 0 Å². The molecule has 0 aromatic heterocycles. The Bertz CT molecular complexity index is 115. The van der Waals surface area contributed by atoms with Crippen molar-refractivity contribution in [3.05, 3.63) is 0 Å². The third-order valence-electron chi connectivity index (χ3n) is 1.42. The average molecular weight is 158 g/mol. The first-order valence-electron chi connectivity index (χ1n) is 4.20. The van der Waals surface area contributed by atoms with Crippen LogP contribution in [0.1, 0.15) is 27.2 Å². The Morgan fingerprint density at radius 1 is 1.36 bits per heavy atom. The van der Waals surface area contributed by atoms with Gasteiger partial charge in [-0.05, 0) is 20.4 Å². The summed E-state index contributed by atoms with van der Waals surface area (Å²) in [4.78, 5) is 11.0. The molecule has 0 heterocycles. The lowest BCUT2D eigenvalue weighted by Gasteiger charge is -2.10. The molecule has 0 aromatic carbocycles.